The van der Waals surface area contributed by atoms with Gasteiger partial charge in [-0.2, -0.15) is 5.10 Å². The van der Waals surface area contributed by atoms with Gasteiger partial charge in [0.1, 0.15) is 6.54 Å². The molecule has 1 heterocycles. The van der Waals surface area contributed by atoms with Crippen molar-refractivity contribution in [1.29, 1.82) is 0 Å². The second-order valence-corrected chi connectivity index (χ2v) is 6.93. The number of rotatable bonds is 6. The van der Waals surface area contributed by atoms with Crippen LogP contribution in [0, 0.1) is 0 Å². The van der Waals surface area contributed by atoms with E-state index < -0.39 is 0 Å². The van der Waals surface area contributed by atoms with Crippen LogP contribution in [0.4, 0.5) is 5.69 Å². The van der Waals surface area contributed by atoms with E-state index in [-0.39, 0.29) is 23.9 Å². The van der Waals surface area contributed by atoms with Gasteiger partial charge < -0.3 is 10.2 Å². The molecule has 0 bridgehead atoms. The van der Waals surface area contributed by atoms with E-state index in [2.05, 4.69) is 10.4 Å². The number of carbonyl (C=O) groups is 2. The van der Waals surface area contributed by atoms with E-state index in [1.165, 1.54) is 4.68 Å². The average Bonchev–Trinajstić information content (AvgIpc) is 2.69. The van der Waals surface area contributed by atoms with Crippen LogP contribution in [0.1, 0.15) is 48.3 Å². The first-order valence-corrected chi connectivity index (χ1v) is 9.81. The Morgan fingerprint density at radius 3 is 2.64 bits per heavy atom. The van der Waals surface area contributed by atoms with Crippen molar-refractivity contribution in [3.05, 3.63) is 57.5 Å². The van der Waals surface area contributed by atoms with Gasteiger partial charge in [0.05, 0.1) is 5.69 Å². The monoisotopic (exact) mass is 382 g/mol. The number of nitrogens with one attached hydrogen (secondary N) is 1. The summed E-state index contributed by atoms with van der Waals surface area (Å²) in [5, 5.41) is 7.13. The third kappa shape index (κ3) is 4.47. The van der Waals surface area contributed by atoms with E-state index in [0.29, 0.717) is 24.3 Å². The lowest BCUT2D eigenvalue weighted by Crippen LogP contribution is -2.32. The number of anilines is 1. The molecule has 7 heteroatoms. The highest BCUT2D eigenvalue weighted by Gasteiger charge is 2.16. The lowest BCUT2D eigenvalue weighted by molar-refractivity contribution is -0.117. The molecule has 0 aliphatic heterocycles. The van der Waals surface area contributed by atoms with Crippen molar-refractivity contribution >= 4 is 17.5 Å². The van der Waals surface area contributed by atoms with Crippen LogP contribution in [0.15, 0.2) is 35.1 Å². The van der Waals surface area contributed by atoms with Gasteiger partial charge in [0.15, 0.2) is 0 Å². The van der Waals surface area contributed by atoms with Crippen molar-refractivity contribution in [1.82, 2.24) is 14.7 Å². The van der Waals surface area contributed by atoms with Crippen LogP contribution >= 0.6 is 0 Å². The van der Waals surface area contributed by atoms with Gasteiger partial charge in [-0.25, -0.2) is 4.68 Å². The molecule has 2 amide bonds. The van der Waals surface area contributed by atoms with Crippen LogP contribution in [0.5, 0.6) is 0 Å². The molecule has 3 rings (SSSR count). The molecule has 0 fully saturated rings. The molecule has 0 atom stereocenters. The van der Waals surface area contributed by atoms with Gasteiger partial charge in [0.2, 0.25) is 5.91 Å². The summed E-state index contributed by atoms with van der Waals surface area (Å²) in [5.41, 5.74) is 2.68. The number of aromatic nitrogens is 2. The average molecular weight is 382 g/mol. The van der Waals surface area contributed by atoms with Crippen molar-refractivity contribution in [3.8, 4) is 0 Å². The molecule has 0 saturated carbocycles. The fraction of sp³-hybridized carbons (Fsp3) is 0.429. The fourth-order valence-electron chi connectivity index (χ4n) is 3.47. The SMILES string of the molecule is CCN(CC)C(=O)c1cccc(NC(=O)Cn2nc3c(cc2=O)CCCC3)c1. The number of fused-ring (bicyclic) bond motifs is 1. The Hall–Kier alpha value is -2.96. The molecule has 28 heavy (non-hydrogen) atoms. The Morgan fingerprint density at radius 1 is 1.14 bits per heavy atom. The highest BCUT2D eigenvalue weighted by Crippen LogP contribution is 2.17. The Balaban J connectivity index is 1.71. The molecule has 1 aromatic heterocycles. The summed E-state index contributed by atoms with van der Waals surface area (Å²) in [6.07, 6.45) is 3.84. The highest BCUT2D eigenvalue weighted by molar-refractivity contribution is 5.97. The number of hydrogen-bond donors (Lipinski definition) is 1. The number of carbonyl (C=O) groups excluding carboxylic acids is 2. The van der Waals surface area contributed by atoms with Crippen molar-refractivity contribution < 1.29 is 9.59 Å². The Labute approximate surface area is 164 Å². The molecule has 2 aromatic rings. The molecule has 148 valence electrons. The second kappa shape index (κ2) is 8.82. The first kappa shape index (κ1) is 19.8. The largest absolute Gasteiger partial charge is 0.339 e. The van der Waals surface area contributed by atoms with Gasteiger partial charge in [-0.1, -0.05) is 6.07 Å². The summed E-state index contributed by atoms with van der Waals surface area (Å²) in [5.74, 6) is -0.425. The number of amides is 2. The summed E-state index contributed by atoms with van der Waals surface area (Å²) in [6, 6.07) is 8.43. The predicted octanol–water partition coefficient (Wildman–Crippen LogP) is 2.24. The maximum atomic E-state index is 12.5. The Bertz CT molecular complexity index is 931. The Kier molecular flexibility index (Phi) is 6.23. The molecule has 1 aliphatic rings. The van der Waals surface area contributed by atoms with Crippen LogP contribution in [0.2, 0.25) is 0 Å². The topological polar surface area (TPSA) is 84.3 Å². The summed E-state index contributed by atoms with van der Waals surface area (Å²) >= 11 is 0. The number of nitrogens with zero attached hydrogens (tertiary/aromatic N) is 3. The van der Waals surface area contributed by atoms with Crippen LogP contribution in [0.25, 0.3) is 0 Å². The highest BCUT2D eigenvalue weighted by atomic mass is 16.2. The molecule has 0 unspecified atom stereocenters. The lowest BCUT2D eigenvalue weighted by Gasteiger charge is -2.19. The van der Waals surface area contributed by atoms with Crippen LogP contribution in [-0.4, -0.2) is 39.6 Å². The third-order valence-corrected chi connectivity index (χ3v) is 5.01. The van der Waals surface area contributed by atoms with Crippen molar-refractivity contribution in [2.45, 2.75) is 46.1 Å². The van der Waals surface area contributed by atoms with E-state index in [4.69, 9.17) is 0 Å². The fourth-order valence-corrected chi connectivity index (χ4v) is 3.47. The quantitative estimate of drug-likeness (QED) is 0.830. The maximum Gasteiger partial charge on any atom is 0.267 e. The van der Waals surface area contributed by atoms with Crippen LogP contribution in [0.3, 0.4) is 0 Å². The molecule has 7 nitrogen and oxygen atoms in total. The van der Waals surface area contributed by atoms with Gasteiger partial charge in [0, 0.05) is 30.4 Å². The summed E-state index contributed by atoms with van der Waals surface area (Å²) < 4.78 is 1.21. The van der Waals surface area contributed by atoms with Gasteiger partial charge in [-0.05, 0) is 63.3 Å². The molecule has 1 N–H and O–H groups in total. The number of hydrogen-bond acceptors (Lipinski definition) is 4. The minimum Gasteiger partial charge on any atom is -0.339 e. The standard InChI is InChI=1S/C21H26N4O3/c1-3-24(4-2)21(28)16-9-7-10-17(12-16)22-19(26)14-25-20(27)13-15-8-5-6-11-18(15)23-25/h7,9-10,12-13H,3-6,8,11,14H2,1-2H3,(H,22,26). The summed E-state index contributed by atoms with van der Waals surface area (Å²) in [4.78, 5) is 38.9. The second-order valence-electron chi connectivity index (χ2n) is 6.93. The zero-order chi connectivity index (χ0) is 20.1. The first-order valence-electron chi connectivity index (χ1n) is 9.81. The van der Waals surface area contributed by atoms with E-state index >= 15 is 0 Å². The van der Waals surface area contributed by atoms with Gasteiger partial charge in [-0.15, -0.1) is 0 Å². The molecule has 1 aromatic carbocycles. The lowest BCUT2D eigenvalue weighted by atomic mass is 9.97. The third-order valence-electron chi connectivity index (χ3n) is 5.01. The summed E-state index contributed by atoms with van der Waals surface area (Å²) in [6.45, 7) is 4.95. The molecular formula is C21H26N4O3. The molecule has 0 spiro atoms. The molecule has 1 aliphatic carbocycles. The Morgan fingerprint density at radius 2 is 1.89 bits per heavy atom. The molecule has 0 radical (unpaired) electrons. The van der Waals surface area contributed by atoms with Crippen LogP contribution in [-0.2, 0) is 24.2 Å². The van der Waals surface area contributed by atoms with Gasteiger partial charge in [-0.3, -0.25) is 14.4 Å². The van der Waals surface area contributed by atoms with E-state index in [1.54, 1.807) is 35.2 Å². The van der Waals surface area contributed by atoms with E-state index in [0.717, 1.165) is 36.9 Å². The first-order chi connectivity index (χ1) is 13.5. The minimum atomic E-state index is -0.349. The molecule has 0 saturated heterocycles. The number of benzene rings is 1. The van der Waals surface area contributed by atoms with Crippen molar-refractivity contribution in [2.24, 2.45) is 0 Å². The zero-order valence-electron chi connectivity index (χ0n) is 16.4. The van der Waals surface area contributed by atoms with Gasteiger partial charge >= 0.3 is 0 Å². The van der Waals surface area contributed by atoms with Crippen LogP contribution < -0.4 is 10.9 Å². The minimum absolute atomic E-state index is 0.0753. The van der Waals surface area contributed by atoms with E-state index in [1.807, 2.05) is 13.8 Å². The normalized spacial score (nSPS) is 12.9. The summed E-state index contributed by atoms with van der Waals surface area (Å²) in [7, 11) is 0. The zero-order valence-corrected chi connectivity index (χ0v) is 16.4. The van der Waals surface area contributed by atoms with Crippen molar-refractivity contribution in [3.63, 3.8) is 0 Å². The molecular weight excluding hydrogens is 356 g/mol. The predicted molar refractivity (Wildman–Crippen MR) is 107 cm³/mol. The number of aryl methyl sites for hydroxylation is 2. The maximum absolute atomic E-state index is 12.5. The smallest absolute Gasteiger partial charge is 0.267 e. The van der Waals surface area contributed by atoms with E-state index in [9.17, 15) is 14.4 Å². The van der Waals surface area contributed by atoms with Gasteiger partial charge in [0.25, 0.3) is 11.5 Å². The van der Waals surface area contributed by atoms with Crippen molar-refractivity contribution in [2.75, 3.05) is 18.4 Å².